The number of hydrogen-bond acceptors (Lipinski definition) is 2. The van der Waals surface area contributed by atoms with Gasteiger partial charge in [-0.2, -0.15) is 5.10 Å². The van der Waals surface area contributed by atoms with Gasteiger partial charge in [0.1, 0.15) is 0 Å². The van der Waals surface area contributed by atoms with Gasteiger partial charge in [-0.15, -0.1) is 0 Å². The Morgan fingerprint density at radius 1 is 1.19 bits per heavy atom. The average molecular weight is 297 g/mol. The lowest BCUT2D eigenvalue weighted by molar-refractivity contribution is 1.11. The molecule has 4 aromatic rings. The van der Waals surface area contributed by atoms with E-state index in [0.29, 0.717) is 0 Å². The summed E-state index contributed by atoms with van der Waals surface area (Å²) in [5, 5.41) is 13.6. The van der Waals surface area contributed by atoms with E-state index in [4.69, 9.17) is 11.6 Å². The summed E-state index contributed by atoms with van der Waals surface area (Å²) < 4.78 is 0. The molecule has 21 heavy (non-hydrogen) atoms. The predicted molar refractivity (Wildman–Crippen MR) is 86.7 cm³/mol. The molecule has 0 aliphatic heterocycles. The number of hydrogen-bond donors (Lipinski definition) is 3. The Bertz CT molecular complexity index is 922. The molecule has 0 bridgehead atoms. The van der Waals surface area contributed by atoms with Crippen LogP contribution >= 0.6 is 11.6 Å². The number of H-pyrrole nitrogens is 2. The number of nitrogens with one attached hydrogen (secondary N) is 3. The molecule has 4 nitrogen and oxygen atoms in total. The highest BCUT2D eigenvalue weighted by Crippen LogP contribution is 2.25. The predicted octanol–water partition coefficient (Wildman–Crippen LogP) is 4.31. The highest BCUT2D eigenvalue weighted by molar-refractivity contribution is 6.31. The van der Waals surface area contributed by atoms with Gasteiger partial charge in [0.2, 0.25) is 0 Å². The standard InChI is InChI=1S/C16H13ClN4/c17-12-4-5-13-11(8-19-15(13)6-12)7-18-14-3-1-2-10-9-20-21-16(10)14/h1-6,8-9,18-19H,7H2,(H,20,21). The van der Waals surface area contributed by atoms with Crippen molar-refractivity contribution in [2.75, 3.05) is 5.32 Å². The highest BCUT2D eigenvalue weighted by atomic mass is 35.5. The number of nitrogens with zero attached hydrogens (tertiary/aromatic N) is 1. The Kier molecular flexibility index (Phi) is 2.82. The third kappa shape index (κ3) is 2.14. The topological polar surface area (TPSA) is 56.5 Å². The van der Waals surface area contributed by atoms with Crippen molar-refractivity contribution in [1.82, 2.24) is 15.2 Å². The largest absolute Gasteiger partial charge is 0.379 e. The van der Waals surface area contributed by atoms with Gasteiger partial charge in [-0.1, -0.05) is 29.8 Å². The number of halogens is 1. The van der Waals surface area contributed by atoms with Gasteiger partial charge in [0.15, 0.2) is 0 Å². The summed E-state index contributed by atoms with van der Waals surface area (Å²) in [6, 6.07) is 12.0. The minimum Gasteiger partial charge on any atom is -0.379 e. The third-order valence-electron chi connectivity index (χ3n) is 3.68. The second kappa shape index (κ2) is 4.82. The molecule has 0 unspecified atom stereocenters. The minimum atomic E-state index is 0.736. The zero-order chi connectivity index (χ0) is 14.2. The summed E-state index contributed by atoms with van der Waals surface area (Å²) >= 11 is 6.01. The number of anilines is 1. The summed E-state index contributed by atoms with van der Waals surface area (Å²) in [7, 11) is 0. The lowest BCUT2D eigenvalue weighted by Crippen LogP contribution is -1.99. The van der Waals surface area contributed by atoms with Gasteiger partial charge in [-0.25, -0.2) is 0 Å². The summed E-state index contributed by atoms with van der Waals surface area (Å²) in [6.07, 6.45) is 3.84. The SMILES string of the molecule is Clc1ccc2c(CNc3cccc4cn[nH]c34)c[nH]c2c1. The van der Waals surface area contributed by atoms with Crippen LogP contribution in [0.15, 0.2) is 48.8 Å². The monoisotopic (exact) mass is 296 g/mol. The number of aromatic amines is 2. The van der Waals surface area contributed by atoms with Gasteiger partial charge < -0.3 is 10.3 Å². The van der Waals surface area contributed by atoms with Crippen molar-refractivity contribution in [2.24, 2.45) is 0 Å². The quantitative estimate of drug-likeness (QED) is 0.527. The Balaban J connectivity index is 1.65. The Morgan fingerprint density at radius 2 is 2.14 bits per heavy atom. The molecule has 0 saturated heterocycles. The van der Waals surface area contributed by atoms with Crippen LogP contribution in [0.25, 0.3) is 21.8 Å². The van der Waals surface area contributed by atoms with Crippen molar-refractivity contribution in [3.05, 3.63) is 59.4 Å². The molecule has 5 heteroatoms. The van der Waals surface area contributed by atoms with E-state index in [1.807, 2.05) is 48.8 Å². The Hall–Kier alpha value is -2.46. The fourth-order valence-electron chi connectivity index (χ4n) is 2.61. The molecular formula is C16H13ClN4. The maximum Gasteiger partial charge on any atom is 0.0881 e. The van der Waals surface area contributed by atoms with E-state index in [0.717, 1.165) is 33.7 Å². The normalized spacial score (nSPS) is 11.3. The van der Waals surface area contributed by atoms with Crippen LogP contribution in [0.1, 0.15) is 5.56 Å². The van der Waals surface area contributed by atoms with Crippen LogP contribution in [0.3, 0.4) is 0 Å². The van der Waals surface area contributed by atoms with E-state index in [1.165, 1.54) is 10.9 Å². The lowest BCUT2D eigenvalue weighted by Gasteiger charge is -2.06. The van der Waals surface area contributed by atoms with Gasteiger partial charge >= 0.3 is 0 Å². The van der Waals surface area contributed by atoms with Gasteiger partial charge in [0, 0.05) is 34.1 Å². The molecule has 2 heterocycles. The summed E-state index contributed by atoms with van der Waals surface area (Å²) in [4.78, 5) is 3.25. The van der Waals surface area contributed by atoms with Gasteiger partial charge in [0.25, 0.3) is 0 Å². The number of benzene rings is 2. The first-order valence-corrected chi connectivity index (χ1v) is 7.10. The molecule has 3 N–H and O–H groups in total. The molecule has 0 aliphatic carbocycles. The lowest BCUT2D eigenvalue weighted by atomic mass is 10.1. The van der Waals surface area contributed by atoms with Crippen LogP contribution in [-0.4, -0.2) is 15.2 Å². The van der Waals surface area contributed by atoms with Crippen molar-refractivity contribution in [1.29, 1.82) is 0 Å². The summed E-state index contributed by atoms with van der Waals surface area (Å²) in [5.41, 5.74) is 4.34. The fourth-order valence-corrected chi connectivity index (χ4v) is 2.78. The number of fused-ring (bicyclic) bond motifs is 2. The molecule has 0 fully saturated rings. The Labute approximate surface area is 126 Å². The first-order chi connectivity index (χ1) is 10.3. The smallest absolute Gasteiger partial charge is 0.0881 e. The van der Waals surface area contributed by atoms with E-state index in [2.05, 4.69) is 20.5 Å². The van der Waals surface area contributed by atoms with Crippen molar-refractivity contribution >= 4 is 39.1 Å². The first kappa shape index (κ1) is 12.3. The second-order valence-corrected chi connectivity index (χ2v) is 5.43. The van der Waals surface area contributed by atoms with E-state index < -0.39 is 0 Å². The second-order valence-electron chi connectivity index (χ2n) is 5.00. The third-order valence-corrected chi connectivity index (χ3v) is 3.91. The molecule has 0 radical (unpaired) electrons. The molecule has 0 aliphatic rings. The zero-order valence-electron chi connectivity index (χ0n) is 11.2. The van der Waals surface area contributed by atoms with Crippen LogP contribution in [0.2, 0.25) is 5.02 Å². The molecular weight excluding hydrogens is 284 g/mol. The molecule has 0 amide bonds. The highest BCUT2D eigenvalue weighted by Gasteiger charge is 2.06. The van der Waals surface area contributed by atoms with E-state index in [1.54, 1.807) is 0 Å². The van der Waals surface area contributed by atoms with Crippen LogP contribution in [0, 0.1) is 0 Å². The fraction of sp³-hybridized carbons (Fsp3) is 0.0625. The van der Waals surface area contributed by atoms with Crippen LogP contribution in [0.4, 0.5) is 5.69 Å². The molecule has 2 aromatic heterocycles. The van der Waals surface area contributed by atoms with Crippen molar-refractivity contribution in [3.8, 4) is 0 Å². The Morgan fingerprint density at radius 3 is 3.10 bits per heavy atom. The number of rotatable bonds is 3. The number of para-hydroxylation sites is 1. The maximum absolute atomic E-state index is 6.01. The average Bonchev–Trinajstić information content (AvgIpc) is 3.11. The van der Waals surface area contributed by atoms with E-state index >= 15 is 0 Å². The molecule has 4 rings (SSSR count). The first-order valence-electron chi connectivity index (χ1n) is 6.73. The van der Waals surface area contributed by atoms with Crippen molar-refractivity contribution < 1.29 is 0 Å². The molecule has 0 saturated carbocycles. The minimum absolute atomic E-state index is 0.736. The van der Waals surface area contributed by atoms with Crippen LogP contribution in [0.5, 0.6) is 0 Å². The van der Waals surface area contributed by atoms with Gasteiger partial charge in [-0.05, 0) is 23.8 Å². The van der Waals surface area contributed by atoms with E-state index in [9.17, 15) is 0 Å². The maximum atomic E-state index is 6.01. The van der Waals surface area contributed by atoms with Crippen LogP contribution < -0.4 is 5.32 Å². The van der Waals surface area contributed by atoms with Gasteiger partial charge in [-0.3, -0.25) is 5.10 Å². The summed E-state index contributed by atoms with van der Waals surface area (Å²) in [6.45, 7) is 0.736. The molecule has 2 aromatic carbocycles. The zero-order valence-corrected chi connectivity index (χ0v) is 11.9. The molecule has 104 valence electrons. The van der Waals surface area contributed by atoms with Crippen molar-refractivity contribution in [2.45, 2.75) is 6.54 Å². The number of aromatic nitrogens is 3. The molecule has 0 atom stereocenters. The summed E-state index contributed by atoms with van der Waals surface area (Å²) in [5.74, 6) is 0. The van der Waals surface area contributed by atoms with Crippen molar-refractivity contribution in [3.63, 3.8) is 0 Å². The van der Waals surface area contributed by atoms with E-state index in [-0.39, 0.29) is 0 Å². The van der Waals surface area contributed by atoms with Crippen LogP contribution in [-0.2, 0) is 6.54 Å². The van der Waals surface area contributed by atoms with Gasteiger partial charge in [0.05, 0.1) is 17.4 Å². The molecule has 0 spiro atoms.